The maximum Gasteiger partial charge on any atom is 0.344 e. The lowest BCUT2D eigenvalue weighted by atomic mass is 10.0. The van der Waals surface area contributed by atoms with E-state index in [0.717, 1.165) is 11.9 Å². The van der Waals surface area contributed by atoms with Crippen molar-refractivity contribution in [3.05, 3.63) is 70.6 Å². The zero-order valence-electron chi connectivity index (χ0n) is 17.3. The van der Waals surface area contributed by atoms with Crippen LogP contribution in [0, 0.1) is 5.92 Å². The minimum atomic E-state index is -0.410. The predicted molar refractivity (Wildman–Crippen MR) is 117 cm³/mol. The maximum absolute atomic E-state index is 13.2. The molecule has 0 bridgehead atoms. The van der Waals surface area contributed by atoms with E-state index in [1.54, 1.807) is 18.2 Å². The number of benzene rings is 2. The highest BCUT2D eigenvalue weighted by Gasteiger charge is 2.24. The fourth-order valence-electron chi connectivity index (χ4n) is 3.96. The molecule has 30 heavy (non-hydrogen) atoms. The summed E-state index contributed by atoms with van der Waals surface area (Å²) in [6.45, 7) is 3.26. The SMILES string of the molecule is CN(C)CC1COCCN(C(=O)c2cccc(-c3cc4ccccc4oc3=O)c2)C1. The molecule has 3 aromatic rings. The van der Waals surface area contributed by atoms with Crippen molar-refractivity contribution in [1.82, 2.24) is 9.80 Å². The van der Waals surface area contributed by atoms with Crippen LogP contribution < -0.4 is 5.63 Å². The van der Waals surface area contributed by atoms with Crippen molar-refractivity contribution < 1.29 is 13.9 Å². The van der Waals surface area contributed by atoms with E-state index < -0.39 is 5.63 Å². The highest BCUT2D eigenvalue weighted by Crippen LogP contribution is 2.23. The Kier molecular flexibility index (Phi) is 5.97. The van der Waals surface area contributed by atoms with Crippen LogP contribution in [-0.4, -0.2) is 62.7 Å². The van der Waals surface area contributed by atoms with Gasteiger partial charge in [-0.2, -0.15) is 0 Å². The van der Waals surface area contributed by atoms with Gasteiger partial charge in [0.2, 0.25) is 0 Å². The van der Waals surface area contributed by atoms with Crippen LogP contribution in [0.2, 0.25) is 0 Å². The van der Waals surface area contributed by atoms with Crippen LogP contribution in [0.25, 0.3) is 22.1 Å². The van der Waals surface area contributed by atoms with E-state index in [4.69, 9.17) is 9.15 Å². The summed E-state index contributed by atoms with van der Waals surface area (Å²) in [5.41, 5.74) is 1.83. The molecule has 6 nitrogen and oxygen atoms in total. The molecule has 0 aliphatic carbocycles. The van der Waals surface area contributed by atoms with Gasteiger partial charge in [0.1, 0.15) is 5.58 Å². The van der Waals surface area contributed by atoms with Crippen molar-refractivity contribution in [2.24, 2.45) is 5.92 Å². The Morgan fingerprint density at radius 2 is 1.97 bits per heavy atom. The van der Waals surface area contributed by atoms with Gasteiger partial charge in [0.25, 0.3) is 5.91 Å². The number of fused-ring (bicyclic) bond motifs is 1. The number of rotatable bonds is 4. The van der Waals surface area contributed by atoms with Crippen LogP contribution in [0.15, 0.2) is 63.8 Å². The summed E-state index contributed by atoms with van der Waals surface area (Å²) in [5.74, 6) is 0.221. The highest BCUT2D eigenvalue weighted by atomic mass is 16.5. The summed E-state index contributed by atoms with van der Waals surface area (Å²) < 4.78 is 11.2. The van der Waals surface area contributed by atoms with E-state index in [0.29, 0.717) is 48.6 Å². The Morgan fingerprint density at radius 3 is 2.80 bits per heavy atom. The summed E-state index contributed by atoms with van der Waals surface area (Å²) in [5, 5.41) is 0.847. The second-order valence-corrected chi connectivity index (χ2v) is 8.02. The molecule has 1 aliphatic rings. The highest BCUT2D eigenvalue weighted by molar-refractivity contribution is 5.95. The Bertz CT molecular complexity index is 1110. The van der Waals surface area contributed by atoms with Gasteiger partial charge in [-0.25, -0.2) is 4.79 Å². The monoisotopic (exact) mass is 406 g/mol. The summed E-state index contributed by atoms with van der Waals surface area (Å²) in [7, 11) is 4.05. The van der Waals surface area contributed by atoms with Crippen molar-refractivity contribution in [2.45, 2.75) is 0 Å². The van der Waals surface area contributed by atoms with Gasteiger partial charge in [0, 0.05) is 36.5 Å². The van der Waals surface area contributed by atoms with Crippen molar-refractivity contribution in [1.29, 1.82) is 0 Å². The minimum absolute atomic E-state index is 0.0451. The first-order valence-corrected chi connectivity index (χ1v) is 10.2. The first-order valence-electron chi connectivity index (χ1n) is 10.2. The van der Waals surface area contributed by atoms with Crippen molar-refractivity contribution in [2.75, 3.05) is 46.9 Å². The molecule has 0 saturated carbocycles. The first kappa shape index (κ1) is 20.3. The lowest BCUT2D eigenvalue weighted by Gasteiger charge is -2.25. The molecular weight excluding hydrogens is 380 g/mol. The number of carbonyl (C=O) groups excluding carboxylic acids is 1. The zero-order chi connectivity index (χ0) is 21.1. The quantitative estimate of drug-likeness (QED) is 0.623. The number of hydrogen-bond acceptors (Lipinski definition) is 5. The normalized spacial score (nSPS) is 17.3. The minimum Gasteiger partial charge on any atom is -0.422 e. The predicted octanol–water partition coefficient (Wildman–Crippen LogP) is 3.11. The molecule has 2 aromatic carbocycles. The number of nitrogens with zero attached hydrogens (tertiary/aromatic N) is 2. The molecule has 2 heterocycles. The molecular formula is C24H26N2O4. The standard InChI is InChI=1S/C24H26N2O4/c1-25(2)14-17-15-26(10-11-29-16-17)23(27)20-8-5-7-18(12-20)21-13-19-6-3-4-9-22(19)30-24(21)28/h3-9,12-13,17H,10-11,14-16H2,1-2H3. The molecule has 6 heteroatoms. The van der Waals surface area contributed by atoms with Gasteiger partial charge in [0.15, 0.2) is 0 Å². The third kappa shape index (κ3) is 4.45. The van der Waals surface area contributed by atoms with E-state index in [1.165, 1.54) is 0 Å². The molecule has 1 atom stereocenters. The van der Waals surface area contributed by atoms with E-state index >= 15 is 0 Å². The molecule has 156 valence electrons. The van der Waals surface area contributed by atoms with Crippen LogP contribution in [0.5, 0.6) is 0 Å². The summed E-state index contributed by atoms with van der Waals surface area (Å²) >= 11 is 0. The second-order valence-electron chi connectivity index (χ2n) is 8.02. The second kappa shape index (κ2) is 8.81. The van der Waals surface area contributed by atoms with Crippen LogP contribution in [0.1, 0.15) is 10.4 Å². The third-order valence-electron chi connectivity index (χ3n) is 5.31. The topological polar surface area (TPSA) is 63.0 Å². The lowest BCUT2D eigenvalue weighted by molar-refractivity contribution is 0.0735. The molecule has 0 N–H and O–H groups in total. The number of carbonyl (C=O) groups is 1. The van der Waals surface area contributed by atoms with Crippen molar-refractivity contribution in [3.63, 3.8) is 0 Å². The van der Waals surface area contributed by atoms with Gasteiger partial charge >= 0.3 is 5.63 Å². The Balaban J connectivity index is 1.62. The fourth-order valence-corrected chi connectivity index (χ4v) is 3.96. The lowest BCUT2D eigenvalue weighted by Crippen LogP contribution is -2.38. The molecule has 1 aromatic heterocycles. The molecule has 0 radical (unpaired) electrons. The molecule has 0 spiro atoms. The molecule has 1 aliphatic heterocycles. The molecule has 1 unspecified atom stereocenters. The van der Waals surface area contributed by atoms with Gasteiger partial charge in [-0.05, 0) is 43.9 Å². The Hall–Kier alpha value is -2.96. The molecule has 1 saturated heterocycles. The van der Waals surface area contributed by atoms with E-state index in [1.807, 2.05) is 55.4 Å². The average Bonchev–Trinajstić information content (AvgIpc) is 2.98. The van der Waals surface area contributed by atoms with Gasteiger partial charge in [-0.3, -0.25) is 4.79 Å². The van der Waals surface area contributed by atoms with Gasteiger partial charge < -0.3 is 19.0 Å². The van der Waals surface area contributed by atoms with Crippen LogP contribution >= 0.6 is 0 Å². The van der Waals surface area contributed by atoms with Crippen LogP contribution in [-0.2, 0) is 4.74 Å². The zero-order valence-corrected chi connectivity index (χ0v) is 17.3. The van der Waals surface area contributed by atoms with Crippen LogP contribution in [0.3, 0.4) is 0 Å². The first-order chi connectivity index (χ1) is 14.5. The largest absolute Gasteiger partial charge is 0.422 e. The Morgan fingerprint density at radius 1 is 1.13 bits per heavy atom. The number of hydrogen-bond donors (Lipinski definition) is 0. The van der Waals surface area contributed by atoms with E-state index in [2.05, 4.69) is 4.90 Å². The van der Waals surface area contributed by atoms with Crippen LogP contribution in [0.4, 0.5) is 0 Å². The van der Waals surface area contributed by atoms with E-state index in [9.17, 15) is 9.59 Å². The smallest absolute Gasteiger partial charge is 0.344 e. The van der Waals surface area contributed by atoms with Gasteiger partial charge in [-0.15, -0.1) is 0 Å². The third-order valence-corrected chi connectivity index (χ3v) is 5.31. The van der Waals surface area contributed by atoms with Crippen molar-refractivity contribution >= 4 is 16.9 Å². The number of amides is 1. The van der Waals surface area contributed by atoms with Gasteiger partial charge in [-0.1, -0.05) is 30.3 Å². The van der Waals surface area contributed by atoms with E-state index in [-0.39, 0.29) is 11.8 Å². The van der Waals surface area contributed by atoms with Gasteiger partial charge in [0.05, 0.1) is 18.8 Å². The summed E-state index contributed by atoms with van der Waals surface area (Å²) in [4.78, 5) is 29.7. The van der Waals surface area contributed by atoms with Crippen molar-refractivity contribution in [3.8, 4) is 11.1 Å². The molecule has 4 rings (SSSR count). The fraction of sp³-hybridized carbons (Fsp3) is 0.333. The molecule has 1 amide bonds. The summed E-state index contributed by atoms with van der Waals surface area (Å²) in [6, 6.07) is 16.4. The average molecular weight is 406 g/mol. The number of para-hydroxylation sites is 1. The number of ether oxygens (including phenoxy) is 1. The molecule has 1 fully saturated rings. The maximum atomic E-state index is 13.2. The summed E-state index contributed by atoms with van der Waals surface area (Å²) in [6.07, 6.45) is 0. The Labute approximate surface area is 175 Å².